The first-order valence-corrected chi connectivity index (χ1v) is 5.29. The van der Waals surface area contributed by atoms with E-state index in [4.69, 9.17) is 4.74 Å². The average Bonchev–Trinajstić information content (AvgIpc) is 2.68. The topological polar surface area (TPSA) is 29.5 Å². The molecule has 1 heterocycles. The second kappa shape index (κ2) is 4.60. The number of hydrogen-bond donors (Lipinski definition) is 1. The van der Waals surface area contributed by atoms with Gasteiger partial charge in [0.25, 0.3) is 0 Å². The van der Waals surface area contributed by atoms with Crippen LogP contribution in [0.5, 0.6) is 0 Å². The summed E-state index contributed by atoms with van der Waals surface area (Å²) in [4.78, 5) is 0. The van der Waals surface area contributed by atoms with Crippen LogP contribution in [0.4, 0.5) is 0 Å². The van der Waals surface area contributed by atoms with Crippen molar-refractivity contribution in [3.8, 4) is 0 Å². The summed E-state index contributed by atoms with van der Waals surface area (Å²) in [6.45, 7) is 3.66. The minimum absolute atomic E-state index is 0.0903. The van der Waals surface area contributed by atoms with E-state index in [0.29, 0.717) is 12.5 Å². The third-order valence-corrected chi connectivity index (χ3v) is 2.89. The predicted octanol–water partition coefficient (Wildman–Crippen LogP) is 2.10. The summed E-state index contributed by atoms with van der Waals surface area (Å²) >= 11 is 0. The number of rotatable bonds is 2. The van der Waals surface area contributed by atoms with Gasteiger partial charge in [-0.25, -0.2) is 0 Å². The fraction of sp³-hybridized carbons (Fsp3) is 0.385. The average molecular weight is 204 g/mol. The van der Waals surface area contributed by atoms with E-state index in [0.717, 1.165) is 17.7 Å². The number of aliphatic hydroxyl groups excluding tert-OH is 1. The molecule has 2 rings (SSSR count). The van der Waals surface area contributed by atoms with Gasteiger partial charge in [-0.2, -0.15) is 0 Å². The highest BCUT2D eigenvalue weighted by Gasteiger charge is 2.21. The molecule has 1 atom stereocenters. The molecule has 1 aromatic carbocycles. The van der Waals surface area contributed by atoms with E-state index in [9.17, 15) is 5.11 Å². The van der Waals surface area contributed by atoms with Gasteiger partial charge < -0.3 is 9.84 Å². The molecule has 0 aromatic heterocycles. The molecule has 0 spiro atoms. The minimum atomic E-state index is 0.0903. The Morgan fingerprint density at radius 2 is 2.13 bits per heavy atom. The van der Waals surface area contributed by atoms with Crippen LogP contribution >= 0.6 is 0 Å². The van der Waals surface area contributed by atoms with Gasteiger partial charge in [0.15, 0.2) is 0 Å². The van der Waals surface area contributed by atoms with E-state index in [2.05, 4.69) is 6.92 Å². The molecule has 0 bridgehead atoms. The summed E-state index contributed by atoms with van der Waals surface area (Å²) in [5, 5.41) is 9.44. The lowest BCUT2D eigenvalue weighted by Crippen LogP contribution is -2.02. The largest absolute Gasteiger partial charge is 0.392 e. The Balaban J connectivity index is 2.39. The third-order valence-electron chi connectivity index (χ3n) is 2.89. The van der Waals surface area contributed by atoms with Crippen LogP contribution in [0.2, 0.25) is 0 Å². The van der Waals surface area contributed by atoms with Gasteiger partial charge in [0.1, 0.15) is 0 Å². The maximum atomic E-state index is 9.44. The molecule has 0 aliphatic carbocycles. The summed E-state index contributed by atoms with van der Waals surface area (Å²) in [5.41, 5.74) is 3.37. The van der Waals surface area contributed by atoms with Crippen molar-refractivity contribution in [2.24, 2.45) is 5.92 Å². The van der Waals surface area contributed by atoms with Crippen LogP contribution < -0.4 is 0 Å². The van der Waals surface area contributed by atoms with Crippen molar-refractivity contribution in [3.63, 3.8) is 0 Å². The summed E-state index contributed by atoms with van der Waals surface area (Å²) in [6, 6.07) is 10.0. The zero-order valence-electron chi connectivity index (χ0n) is 8.94. The van der Waals surface area contributed by atoms with Crippen molar-refractivity contribution in [1.82, 2.24) is 0 Å². The SMILES string of the molecule is CC1COC/C1=C(/CO)c1ccccc1. The molecule has 0 saturated carbocycles. The Labute approximate surface area is 90.2 Å². The van der Waals surface area contributed by atoms with Gasteiger partial charge >= 0.3 is 0 Å². The number of hydrogen-bond acceptors (Lipinski definition) is 2. The minimum Gasteiger partial charge on any atom is -0.392 e. The van der Waals surface area contributed by atoms with Crippen LogP contribution in [-0.2, 0) is 4.74 Å². The molecular weight excluding hydrogens is 188 g/mol. The van der Waals surface area contributed by atoms with Gasteiger partial charge in [-0.1, -0.05) is 37.3 Å². The van der Waals surface area contributed by atoms with Crippen molar-refractivity contribution in [2.45, 2.75) is 6.92 Å². The van der Waals surface area contributed by atoms with Crippen LogP contribution in [0, 0.1) is 5.92 Å². The van der Waals surface area contributed by atoms with E-state index in [1.54, 1.807) is 0 Å². The van der Waals surface area contributed by atoms with Crippen molar-refractivity contribution in [1.29, 1.82) is 0 Å². The summed E-state index contributed by atoms with van der Waals surface area (Å²) in [6.07, 6.45) is 0. The maximum absolute atomic E-state index is 9.44. The second-order valence-electron chi connectivity index (χ2n) is 3.94. The van der Waals surface area contributed by atoms with Crippen molar-refractivity contribution < 1.29 is 9.84 Å². The van der Waals surface area contributed by atoms with Crippen LogP contribution in [0.1, 0.15) is 12.5 Å². The molecule has 2 heteroatoms. The first-order chi connectivity index (χ1) is 7.33. The molecule has 1 saturated heterocycles. The molecule has 15 heavy (non-hydrogen) atoms. The monoisotopic (exact) mass is 204 g/mol. The van der Waals surface area contributed by atoms with Gasteiger partial charge in [0.2, 0.25) is 0 Å². The van der Waals surface area contributed by atoms with Crippen molar-refractivity contribution in [2.75, 3.05) is 19.8 Å². The van der Waals surface area contributed by atoms with Gasteiger partial charge in [0.05, 0.1) is 19.8 Å². The zero-order valence-corrected chi connectivity index (χ0v) is 8.94. The fourth-order valence-electron chi connectivity index (χ4n) is 1.99. The highest BCUT2D eigenvalue weighted by molar-refractivity contribution is 5.70. The van der Waals surface area contributed by atoms with E-state index in [1.807, 2.05) is 30.3 Å². The van der Waals surface area contributed by atoms with Crippen LogP contribution in [-0.4, -0.2) is 24.9 Å². The van der Waals surface area contributed by atoms with E-state index in [1.165, 1.54) is 5.57 Å². The van der Waals surface area contributed by atoms with Crippen LogP contribution in [0.15, 0.2) is 35.9 Å². The van der Waals surface area contributed by atoms with Crippen molar-refractivity contribution in [3.05, 3.63) is 41.5 Å². The predicted molar refractivity (Wildman–Crippen MR) is 60.4 cm³/mol. The Morgan fingerprint density at radius 3 is 2.67 bits per heavy atom. The standard InChI is InChI=1S/C13H16O2/c1-10-8-15-9-13(10)12(7-14)11-5-3-2-4-6-11/h2-6,10,14H,7-9H2,1H3/b13-12+. The highest BCUT2D eigenvalue weighted by atomic mass is 16.5. The van der Waals surface area contributed by atoms with Crippen molar-refractivity contribution >= 4 is 5.57 Å². The van der Waals surface area contributed by atoms with Gasteiger partial charge in [-0.15, -0.1) is 0 Å². The van der Waals surface area contributed by atoms with E-state index in [-0.39, 0.29) is 6.61 Å². The van der Waals surface area contributed by atoms with Crippen LogP contribution in [0.25, 0.3) is 5.57 Å². The maximum Gasteiger partial charge on any atom is 0.0688 e. The number of ether oxygens (including phenoxy) is 1. The lowest BCUT2D eigenvalue weighted by atomic mass is 9.94. The summed E-state index contributed by atoms with van der Waals surface area (Å²) < 4.78 is 5.40. The Kier molecular flexibility index (Phi) is 3.19. The molecule has 1 aromatic rings. The lowest BCUT2D eigenvalue weighted by Gasteiger charge is -2.11. The molecule has 1 aliphatic heterocycles. The zero-order chi connectivity index (χ0) is 10.7. The second-order valence-corrected chi connectivity index (χ2v) is 3.94. The Bertz CT molecular complexity index is 354. The number of benzene rings is 1. The molecule has 1 aliphatic rings. The van der Waals surface area contributed by atoms with E-state index < -0.39 is 0 Å². The summed E-state index contributed by atoms with van der Waals surface area (Å²) in [5.74, 6) is 0.423. The molecule has 1 fully saturated rings. The highest BCUT2D eigenvalue weighted by Crippen LogP contribution is 2.28. The third kappa shape index (κ3) is 2.11. The van der Waals surface area contributed by atoms with E-state index >= 15 is 0 Å². The normalized spacial score (nSPS) is 24.3. The van der Waals surface area contributed by atoms with Gasteiger partial charge in [0, 0.05) is 5.92 Å². The quantitative estimate of drug-likeness (QED) is 0.799. The molecule has 1 N–H and O–H groups in total. The van der Waals surface area contributed by atoms with Gasteiger partial charge in [-0.3, -0.25) is 0 Å². The summed E-state index contributed by atoms with van der Waals surface area (Å²) in [7, 11) is 0. The van der Waals surface area contributed by atoms with Gasteiger partial charge in [-0.05, 0) is 16.7 Å². The number of aliphatic hydroxyl groups is 1. The first kappa shape index (κ1) is 10.4. The Morgan fingerprint density at radius 1 is 1.40 bits per heavy atom. The molecule has 2 nitrogen and oxygen atoms in total. The van der Waals surface area contributed by atoms with Crippen LogP contribution in [0.3, 0.4) is 0 Å². The smallest absolute Gasteiger partial charge is 0.0688 e. The molecule has 0 amide bonds. The fourth-order valence-corrected chi connectivity index (χ4v) is 1.99. The molecular formula is C13H16O2. The molecule has 0 radical (unpaired) electrons. The first-order valence-electron chi connectivity index (χ1n) is 5.29. The molecule has 80 valence electrons. The Hall–Kier alpha value is -1.12. The lowest BCUT2D eigenvalue weighted by molar-refractivity contribution is 0.191. The molecule has 1 unspecified atom stereocenters.